The number of hydrogen-bond acceptors (Lipinski definition) is 3. The summed E-state index contributed by atoms with van der Waals surface area (Å²) in [5, 5.41) is 16.2. The Morgan fingerprint density at radius 3 is 2.67 bits per heavy atom. The van der Waals surface area contributed by atoms with Gasteiger partial charge in [-0.15, -0.1) is 0 Å². The highest BCUT2D eigenvalue weighted by molar-refractivity contribution is 6.08. The summed E-state index contributed by atoms with van der Waals surface area (Å²) < 4.78 is 6.05. The molecular formula is C26H23NO3. The van der Waals surface area contributed by atoms with E-state index in [1.165, 1.54) is 38.7 Å². The summed E-state index contributed by atoms with van der Waals surface area (Å²) in [5.41, 5.74) is 3.79. The first-order valence-corrected chi connectivity index (χ1v) is 10.4. The van der Waals surface area contributed by atoms with Crippen LogP contribution in [-0.4, -0.2) is 11.5 Å². The van der Waals surface area contributed by atoms with Crippen molar-refractivity contribution in [3.63, 3.8) is 0 Å². The smallest absolute Gasteiger partial charge is 0.269 e. The van der Waals surface area contributed by atoms with E-state index in [0.717, 1.165) is 30.6 Å². The lowest BCUT2D eigenvalue weighted by molar-refractivity contribution is -0.384. The number of nitro benzene ring substituents is 1. The van der Waals surface area contributed by atoms with Crippen molar-refractivity contribution >= 4 is 27.2 Å². The summed E-state index contributed by atoms with van der Waals surface area (Å²) >= 11 is 0. The molecular weight excluding hydrogens is 374 g/mol. The molecule has 0 N–H and O–H groups in total. The Morgan fingerprint density at radius 1 is 1.00 bits per heavy atom. The average molecular weight is 397 g/mol. The van der Waals surface area contributed by atoms with Gasteiger partial charge in [-0.3, -0.25) is 10.1 Å². The van der Waals surface area contributed by atoms with Crippen molar-refractivity contribution in [2.75, 3.05) is 6.61 Å². The van der Waals surface area contributed by atoms with Crippen molar-refractivity contribution < 1.29 is 9.66 Å². The summed E-state index contributed by atoms with van der Waals surface area (Å²) in [6.45, 7) is 2.49. The van der Waals surface area contributed by atoms with E-state index in [-0.39, 0.29) is 10.6 Å². The predicted octanol–water partition coefficient (Wildman–Crippen LogP) is 6.39. The van der Waals surface area contributed by atoms with Gasteiger partial charge in [-0.2, -0.15) is 0 Å². The Hall–Kier alpha value is -3.40. The van der Waals surface area contributed by atoms with Crippen LogP contribution < -0.4 is 4.74 Å². The summed E-state index contributed by atoms with van der Waals surface area (Å²) in [6.07, 6.45) is 3.15. The molecule has 150 valence electrons. The van der Waals surface area contributed by atoms with E-state index in [4.69, 9.17) is 4.74 Å². The molecule has 0 bridgehead atoms. The maximum Gasteiger partial charge on any atom is 0.269 e. The van der Waals surface area contributed by atoms with E-state index in [2.05, 4.69) is 48.5 Å². The molecule has 1 atom stereocenters. The van der Waals surface area contributed by atoms with Crippen LogP contribution in [0.25, 0.3) is 21.5 Å². The summed E-state index contributed by atoms with van der Waals surface area (Å²) in [5.74, 6) is 1.18. The number of aryl methyl sites for hydroxylation is 2. The molecule has 0 amide bonds. The molecule has 4 aromatic carbocycles. The summed E-state index contributed by atoms with van der Waals surface area (Å²) in [7, 11) is 0. The topological polar surface area (TPSA) is 52.4 Å². The van der Waals surface area contributed by atoms with Crippen LogP contribution in [0.15, 0.2) is 66.7 Å². The van der Waals surface area contributed by atoms with Gasteiger partial charge in [0, 0.05) is 12.1 Å². The van der Waals surface area contributed by atoms with Gasteiger partial charge in [-0.25, -0.2) is 0 Å². The lowest BCUT2D eigenvalue weighted by Crippen LogP contribution is -2.21. The van der Waals surface area contributed by atoms with Gasteiger partial charge in [0.2, 0.25) is 0 Å². The molecule has 1 aliphatic rings. The maximum absolute atomic E-state index is 10.9. The van der Waals surface area contributed by atoms with Crippen molar-refractivity contribution in [2.45, 2.75) is 26.2 Å². The third-order valence-corrected chi connectivity index (χ3v) is 6.29. The van der Waals surface area contributed by atoms with Crippen LogP contribution in [0.3, 0.4) is 0 Å². The third-order valence-electron chi connectivity index (χ3n) is 6.29. The largest absolute Gasteiger partial charge is 0.493 e. The molecule has 0 heterocycles. The number of nitro groups is 1. The van der Waals surface area contributed by atoms with Crippen molar-refractivity contribution in [1.82, 2.24) is 0 Å². The van der Waals surface area contributed by atoms with Crippen LogP contribution in [0.1, 0.15) is 23.1 Å². The second kappa shape index (κ2) is 7.45. The molecule has 0 saturated carbocycles. The molecule has 4 aromatic rings. The van der Waals surface area contributed by atoms with E-state index in [0.29, 0.717) is 12.5 Å². The highest BCUT2D eigenvalue weighted by Gasteiger charge is 2.22. The van der Waals surface area contributed by atoms with Gasteiger partial charge >= 0.3 is 0 Å². The summed E-state index contributed by atoms with van der Waals surface area (Å²) in [6, 6.07) is 22.4. The van der Waals surface area contributed by atoms with Crippen LogP contribution in [0.2, 0.25) is 0 Å². The second-order valence-electron chi connectivity index (χ2n) is 8.21. The van der Waals surface area contributed by atoms with Crippen LogP contribution >= 0.6 is 0 Å². The number of nitrogens with zero attached hydrogens (tertiary/aromatic N) is 1. The fraction of sp³-hybridized carbons (Fsp3) is 0.231. The average Bonchev–Trinajstić information content (AvgIpc) is 2.77. The Bertz CT molecular complexity index is 1280. The molecule has 0 saturated heterocycles. The SMILES string of the molecule is Cc1cc([N+](=O)[O-])ccc1OCC1CCc2c(ccc3c2ccc2ccccc23)C1. The fourth-order valence-corrected chi connectivity index (χ4v) is 4.70. The van der Waals surface area contributed by atoms with Crippen LogP contribution in [0.5, 0.6) is 5.75 Å². The van der Waals surface area contributed by atoms with Crippen molar-refractivity contribution in [2.24, 2.45) is 5.92 Å². The zero-order chi connectivity index (χ0) is 20.7. The van der Waals surface area contributed by atoms with Gasteiger partial charge in [0.25, 0.3) is 5.69 Å². The number of non-ortho nitro benzene ring substituents is 1. The molecule has 5 rings (SSSR count). The minimum atomic E-state index is -0.373. The number of benzene rings is 4. The van der Waals surface area contributed by atoms with Gasteiger partial charge in [0.05, 0.1) is 11.5 Å². The van der Waals surface area contributed by atoms with Crippen molar-refractivity contribution in [3.05, 3.63) is 93.5 Å². The van der Waals surface area contributed by atoms with Crippen molar-refractivity contribution in [3.8, 4) is 5.75 Å². The molecule has 0 spiro atoms. The van der Waals surface area contributed by atoms with Crippen LogP contribution in [0.4, 0.5) is 5.69 Å². The lowest BCUT2D eigenvalue weighted by atomic mass is 9.81. The minimum Gasteiger partial charge on any atom is -0.493 e. The molecule has 4 nitrogen and oxygen atoms in total. The molecule has 30 heavy (non-hydrogen) atoms. The lowest BCUT2D eigenvalue weighted by Gasteiger charge is -2.26. The highest BCUT2D eigenvalue weighted by atomic mass is 16.6. The van der Waals surface area contributed by atoms with Crippen molar-refractivity contribution in [1.29, 1.82) is 0 Å². The number of ether oxygens (including phenoxy) is 1. The maximum atomic E-state index is 10.9. The summed E-state index contributed by atoms with van der Waals surface area (Å²) in [4.78, 5) is 10.5. The Kier molecular flexibility index (Phi) is 4.62. The number of fused-ring (bicyclic) bond motifs is 5. The standard InChI is InChI=1S/C26H23NO3/c1-17-14-21(27(28)29)9-13-26(17)30-16-18-6-10-23-20(15-18)8-12-24-22-5-3-2-4-19(22)7-11-25(23)24/h2-5,7-9,11-14,18H,6,10,15-16H2,1H3. The van der Waals surface area contributed by atoms with Gasteiger partial charge in [-0.1, -0.05) is 48.5 Å². The molecule has 0 aliphatic heterocycles. The second-order valence-corrected chi connectivity index (χ2v) is 8.21. The first-order chi connectivity index (χ1) is 14.6. The fourth-order valence-electron chi connectivity index (χ4n) is 4.70. The van der Waals surface area contributed by atoms with E-state index < -0.39 is 0 Å². The van der Waals surface area contributed by atoms with E-state index in [9.17, 15) is 10.1 Å². The zero-order valence-electron chi connectivity index (χ0n) is 16.9. The Labute approximate surface area is 175 Å². The predicted molar refractivity (Wildman–Crippen MR) is 120 cm³/mol. The highest BCUT2D eigenvalue weighted by Crippen LogP contribution is 2.35. The van der Waals surface area contributed by atoms with Crippen LogP contribution in [0, 0.1) is 23.0 Å². The molecule has 1 aliphatic carbocycles. The first kappa shape index (κ1) is 18.6. The van der Waals surface area contributed by atoms with Gasteiger partial charge < -0.3 is 4.74 Å². The normalized spacial score (nSPS) is 15.8. The first-order valence-electron chi connectivity index (χ1n) is 10.4. The zero-order valence-corrected chi connectivity index (χ0v) is 16.9. The molecule has 0 aromatic heterocycles. The Balaban J connectivity index is 1.36. The van der Waals surface area contributed by atoms with Gasteiger partial charge in [-0.05, 0) is 76.4 Å². The number of hydrogen-bond donors (Lipinski definition) is 0. The van der Waals surface area contributed by atoms with Gasteiger partial charge in [0.15, 0.2) is 0 Å². The molecule has 1 unspecified atom stereocenters. The van der Waals surface area contributed by atoms with E-state index in [1.54, 1.807) is 12.1 Å². The third kappa shape index (κ3) is 3.28. The van der Waals surface area contributed by atoms with E-state index in [1.807, 2.05) is 6.92 Å². The van der Waals surface area contributed by atoms with Gasteiger partial charge in [0.1, 0.15) is 5.75 Å². The Morgan fingerprint density at radius 2 is 1.83 bits per heavy atom. The minimum absolute atomic E-state index is 0.103. The van der Waals surface area contributed by atoms with E-state index >= 15 is 0 Å². The molecule has 0 radical (unpaired) electrons. The van der Waals surface area contributed by atoms with Crippen LogP contribution in [-0.2, 0) is 12.8 Å². The number of rotatable bonds is 4. The molecule has 4 heteroatoms. The monoisotopic (exact) mass is 397 g/mol. The molecule has 0 fully saturated rings. The quantitative estimate of drug-likeness (QED) is 0.228.